The molecule has 25 heteroatoms. The molecular formula is C119H169F2N15O8. The van der Waals surface area contributed by atoms with Crippen LogP contribution in [0.25, 0.3) is 16.1 Å². The Kier molecular flexibility index (Phi) is 48.5. The summed E-state index contributed by atoms with van der Waals surface area (Å²) in [5.41, 5.74) is 15.5. The number of methoxy groups -OCH3 is 3. The molecule has 1 saturated heterocycles. The normalized spacial score (nSPS) is 11.9. The summed E-state index contributed by atoms with van der Waals surface area (Å²) in [6.45, 7) is 77.2. The largest absolute Gasteiger partial charge is 0.618 e. The Balaban J connectivity index is 0.000000408. The van der Waals surface area contributed by atoms with Gasteiger partial charge in [0.1, 0.15) is 34.5 Å². The van der Waals surface area contributed by atoms with Gasteiger partial charge in [0.05, 0.1) is 39.3 Å². The van der Waals surface area contributed by atoms with Crippen LogP contribution in [0, 0.1) is 18.7 Å². The number of hydrogen-bond acceptors (Lipinski definition) is 19. The second-order valence-corrected chi connectivity index (χ2v) is 46.3. The lowest BCUT2D eigenvalue weighted by atomic mass is 9.91. The number of pyridine rings is 11. The molecule has 782 valence electrons. The van der Waals surface area contributed by atoms with Gasteiger partial charge in [-0.15, -0.1) is 4.98 Å². The first-order valence-corrected chi connectivity index (χ1v) is 48.8. The lowest BCUT2D eigenvalue weighted by Crippen LogP contribution is -2.42. The number of rotatable bonds is 10. The lowest BCUT2D eigenvalue weighted by Gasteiger charge is -2.30. The highest BCUT2D eigenvalue weighted by Crippen LogP contribution is 2.33. The van der Waals surface area contributed by atoms with Gasteiger partial charge in [-0.2, -0.15) is 13.5 Å². The Morgan fingerprint density at radius 1 is 0.479 bits per heavy atom. The SMILES string of the molecule is CC(C)(C)c1ccc(CO)cn1.CC(C)(C)c1cccc(-c2ccccc2)[n+]1[O-].CC(C)(C)c1cccc(=O)[nH]1.CC(C)(C)c1cccc(C(=O)N2CCC2)n1.CC(C)(C)c1cccc(OC(F)F)n1.CN(C)c1cccc(C(C)(C)C)n1.CNc1cccc(C(C)(C)C)n1.COc1cc(C)cc(C(C)(C)C)n1.COc1cccnc1C(C)(C)C.COc1ccnc(C(C)(C)C)c1.[C-]#[N+]c1cccc(C(C)(C)C)n1. The summed E-state index contributed by atoms with van der Waals surface area (Å²) in [7, 11) is 10.9. The second kappa shape index (κ2) is 55.8. The third-order valence-corrected chi connectivity index (χ3v) is 21.4. The molecule has 13 rings (SSSR count). The second-order valence-electron chi connectivity index (χ2n) is 46.3. The molecule has 1 aliphatic rings. The number of hydrogen-bond donors (Lipinski definition) is 3. The number of likely N-dealkylation sites (tertiary alicyclic amines) is 1. The number of H-pyrrole nitrogens is 1. The third kappa shape index (κ3) is 45.3. The maximum Gasteiger partial charge on any atom is 0.388 e. The minimum Gasteiger partial charge on any atom is -0.618 e. The zero-order valence-corrected chi connectivity index (χ0v) is 94.1. The molecule has 1 fully saturated rings. The van der Waals surface area contributed by atoms with Crippen LogP contribution >= 0.6 is 0 Å². The Morgan fingerprint density at radius 2 is 0.979 bits per heavy atom. The number of aliphatic hydroxyl groups is 1. The van der Waals surface area contributed by atoms with Gasteiger partial charge in [0.2, 0.25) is 23.0 Å². The summed E-state index contributed by atoms with van der Waals surface area (Å²) in [4.78, 5) is 71.7. The Labute approximate surface area is 861 Å². The number of benzene rings is 1. The van der Waals surface area contributed by atoms with Crippen LogP contribution in [0.5, 0.6) is 23.3 Å². The number of aryl methyl sites for hydroxylation is 1. The Bertz CT molecular complexity index is 5900. The number of nitrogens with zero attached hydrogens (tertiary/aromatic N) is 13. The van der Waals surface area contributed by atoms with Crippen molar-refractivity contribution in [1.82, 2.24) is 54.7 Å². The summed E-state index contributed by atoms with van der Waals surface area (Å²) in [6.07, 6.45) is 6.41. The monoisotopic (exact) mass is 1970 g/mol. The molecule has 0 spiro atoms. The van der Waals surface area contributed by atoms with E-state index in [1.54, 1.807) is 70.3 Å². The van der Waals surface area contributed by atoms with E-state index in [9.17, 15) is 23.6 Å². The van der Waals surface area contributed by atoms with Crippen molar-refractivity contribution in [2.75, 3.05) is 65.8 Å². The number of aromatic nitrogens is 11. The van der Waals surface area contributed by atoms with Crippen molar-refractivity contribution in [2.24, 2.45) is 0 Å². The predicted octanol–water partition coefficient (Wildman–Crippen LogP) is 27.3. The number of halogens is 2. The molecule has 0 saturated carbocycles. The molecule has 0 bridgehead atoms. The maximum absolute atomic E-state index is 12.3. The van der Waals surface area contributed by atoms with E-state index in [2.05, 4.69) is 283 Å². The number of anilines is 2. The molecule has 0 unspecified atom stereocenters. The molecule has 12 aromatic rings. The predicted molar refractivity (Wildman–Crippen MR) is 589 cm³/mol. The van der Waals surface area contributed by atoms with Gasteiger partial charge >= 0.3 is 6.61 Å². The maximum atomic E-state index is 12.3. The first kappa shape index (κ1) is 125. The smallest absolute Gasteiger partial charge is 0.388 e. The van der Waals surface area contributed by atoms with Crippen LogP contribution in [-0.4, -0.2) is 128 Å². The molecule has 1 aliphatic heterocycles. The van der Waals surface area contributed by atoms with Crippen molar-refractivity contribution in [3.63, 3.8) is 0 Å². The number of alkyl halides is 2. The molecule has 11 aromatic heterocycles. The number of carbonyl (C=O) groups is 1. The van der Waals surface area contributed by atoms with E-state index in [0.717, 1.165) is 121 Å². The van der Waals surface area contributed by atoms with Crippen LogP contribution in [-0.2, 0) is 66.2 Å². The molecule has 3 N–H and O–H groups in total. The van der Waals surface area contributed by atoms with Gasteiger partial charge in [0.15, 0.2) is 5.69 Å². The number of aromatic amines is 1. The van der Waals surface area contributed by atoms with E-state index in [0.29, 0.717) is 23.1 Å². The topological polar surface area (TPSA) is 273 Å². The minimum atomic E-state index is -2.82. The first-order chi connectivity index (χ1) is 66.4. The number of ether oxygens (including phenoxy) is 4. The van der Waals surface area contributed by atoms with Crippen LogP contribution < -0.4 is 39.5 Å². The fraction of sp³-hybridized carbons (Fsp3) is 0.471. The van der Waals surface area contributed by atoms with E-state index in [-0.39, 0.29) is 83.5 Å². The van der Waals surface area contributed by atoms with E-state index in [4.69, 9.17) is 25.9 Å². The summed E-state index contributed by atoms with van der Waals surface area (Å²) in [5.74, 6) is 4.90. The minimum absolute atomic E-state index is 0.00869. The van der Waals surface area contributed by atoms with Crippen LogP contribution in [0.4, 0.5) is 26.2 Å². The first-order valence-electron chi connectivity index (χ1n) is 48.8. The van der Waals surface area contributed by atoms with Crippen molar-refractivity contribution in [3.05, 3.63) is 331 Å². The summed E-state index contributed by atoms with van der Waals surface area (Å²) in [6, 6.07) is 64.6. The summed E-state index contributed by atoms with van der Waals surface area (Å²) >= 11 is 0. The molecule has 1 aromatic carbocycles. The van der Waals surface area contributed by atoms with Gasteiger partial charge < -0.3 is 54.2 Å². The summed E-state index contributed by atoms with van der Waals surface area (Å²) in [5, 5.41) is 24.2. The third-order valence-electron chi connectivity index (χ3n) is 21.4. The van der Waals surface area contributed by atoms with Gasteiger partial charge in [-0.05, 0) is 134 Å². The van der Waals surface area contributed by atoms with E-state index < -0.39 is 6.61 Å². The lowest BCUT2D eigenvalue weighted by molar-refractivity contribution is -0.606. The molecule has 0 radical (unpaired) electrons. The van der Waals surface area contributed by atoms with Crippen LogP contribution in [0.3, 0.4) is 0 Å². The zero-order valence-electron chi connectivity index (χ0n) is 94.1. The van der Waals surface area contributed by atoms with Gasteiger partial charge in [-0.25, -0.2) is 24.9 Å². The molecular weight excluding hydrogens is 1810 g/mol. The van der Waals surface area contributed by atoms with Crippen molar-refractivity contribution >= 4 is 23.4 Å². The van der Waals surface area contributed by atoms with Gasteiger partial charge in [-0.1, -0.05) is 296 Å². The van der Waals surface area contributed by atoms with Crippen molar-refractivity contribution in [2.45, 2.75) is 315 Å². The van der Waals surface area contributed by atoms with Gasteiger partial charge in [0.25, 0.3) is 11.7 Å². The quantitative estimate of drug-likeness (QED) is 0.0652. The highest BCUT2D eigenvalue weighted by atomic mass is 19.3. The molecule has 144 heavy (non-hydrogen) atoms. The summed E-state index contributed by atoms with van der Waals surface area (Å²) < 4.78 is 44.5. The average molecular weight is 1980 g/mol. The van der Waals surface area contributed by atoms with Crippen molar-refractivity contribution in [3.8, 4) is 34.5 Å². The van der Waals surface area contributed by atoms with Gasteiger partial charge in [-0.3, -0.25) is 24.5 Å². The standard InChI is InChI=1S/C15H17NO.C13H18N2O.C11H18N2.C11H17NO.C10H13F2NO.C10H16N2.C10H12N2.3C10H15NO.C9H13NO/c1-15(2,3)14-11-7-10-13(16(14)17)12-8-5-4-6-9-12;1-13(2,3)11-7-4-6-10(14-11)12(16)15-8-5-9-15;1-11(2,3)9-7-6-8-10(12-9)13(4)5;1-8-6-9(11(2,3)4)12-10(7-8)13-5;1-10(2,3)7-5-4-6-8(13-7)14-9(11)12;2*1-10(2,3)8-6-5-7-9(11-4)12-8;1-10(2,3)9-7-8(12-4)5-6-11-9;1-10(2,3)9-8(12-4)6-5-7-11-9;1-10(2,3)9-5-4-8(7-12)6-11-9;1-9(2,3)7-5-4-6-8(11)10-7/h4-11H,1-3H3;4,6-7H,5,8-9H2,1-3H3;6-8H,1-5H3;6-7H,1-5H3;4-6,9H,1-3H3;5-7H,1-4H3,(H,11,12);5-7H,1-3H3;2*5-7H,1-4H3;4-6,12H,7H2,1-3H3;4-6H,1-3H3,(H,10,11). The van der Waals surface area contributed by atoms with E-state index >= 15 is 0 Å². The molecule has 0 atom stereocenters. The number of nitrogens with one attached hydrogen (secondary N) is 2. The van der Waals surface area contributed by atoms with Crippen LogP contribution in [0.2, 0.25) is 0 Å². The molecule has 12 heterocycles. The highest BCUT2D eigenvalue weighted by Gasteiger charge is 2.29. The highest BCUT2D eigenvalue weighted by molar-refractivity contribution is 5.92. The van der Waals surface area contributed by atoms with E-state index in [1.807, 2.05) is 212 Å². The van der Waals surface area contributed by atoms with Crippen molar-refractivity contribution < 1.29 is 42.4 Å². The van der Waals surface area contributed by atoms with Crippen LogP contribution in [0.15, 0.2) is 230 Å². The van der Waals surface area contributed by atoms with Crippen molar-refractivity contribution in [1.29, 1.82) is 0 Å². The zero-order chi connectivity index (χ0) is 110. The number of aliphatic hydroxyl groups excluding tert-OH is 1. The number of amides is 1. The van der Waals surface area contributed by atoms with Gasteiger partial charge in [0, 0.05) is 194 Å². The molecule has 23 nitrogen and oxygen atoms in total. The fourth-order valence-corrected chi connectivity index (χ4v) is 12.5. The molecule has 1 amide bonds. The van der Waals surface area contributed by atoms with E-state index in [1.165, 1.54) is 17.7 Å². The fourth-order valence-electron chi connectivity index (χ4n) is 12.5. The Hall–Kier alpha value is -13.0. The molecule has 0 aliphatic carbocycles. The Morgan fingerprint density at radius 3 is 1.42 bits per heavy atom. The van der Waals surface area contributed by atoms with Crippen LogP contribution in [0.1, 0.15) is 319 Å². The number of carbonyl (C=O) groups excluding carboxylic acids is 1. The average Bonchev–Trinajstić information content (AvgIpc) is 0.797.